The lowest BCUT2D eigenvalue weighted by Gasteiger charge is -2.17. The van der Waals surface area contributed by atoms with E-state index in [2.05, 4.69) is 27.6 Å². The Morgan fingerprint density at radius 2 is 1.89 bits per heavy atom. The standard InChI is InChI=1S/C13H23N5/c1-4-10-16-11(9(3)12(17-10)18-14)15-8-13(5-2)6-7-13/h4-8,14H2,1-3H3,(H2,15,16,17,18). The fourth-order valence-corrected chi connectivity index (χ4v) is 2.14. The van der Waals surface area contributed by atoms with Gasteiger partial charge in [0.05, 0.1) is 0 Å². The Labute approximate surface area is 109 Å². The minimum atomic E-state index is 0.500. The van der Waals surface area contributed by atoms with E-state index in [1.807, 2.05) is 13.8 Å². The van der Waals surface area contributed by atoms with Crippen LogP contribution in [0, 0.1) is 12.3 Å². The van der Waals surface area contributed by atoms with Crippen LogP contribution >= 0.6 is 0 Å². The zero-order chi connectivity index (χ0) is 13.2. The number of nitrogens with two attached hydrogens (primary N) is 1. The van der Waals surface area contributed by atoms with E-state index in [0.717, 1.165) is 30.2 Å². The molecule has 4 N–H and O–H groups in total. The van der Waals surface area contributed by atoms with Crippen molar-refractivity contribution in [1.82, 2.24) is 9.97 Å². The van der Waals surface area contributed by atoms with E-state index in [1.54, 1.807) is 0 Å². The number of rotatable bonds is 6. The Hall–Kier alpha value is -1.36. The fraction of sp³-hybridized carbons (Fsp3) is 0.692. The normalized spacial score (nSPS) is 16.4. The van der Waals surface area contributed by atoms with Crippen LogP contribution in [0.2, 0.25) is 0 Å². The van der Waals surface area contributed by atoms with Crippen LogP contribution in [0.3, 0.4) is 0 Å². The summed E-state index contributed by atoms with van der Waals surface area (Å²) in [5.41, 5.74) is 4.13. The maximum Gasteiger partial charge on any atom is 0.148 e. The molecule has 0 saturated heterocycles. The molecule has 0 spiro atoms. The van der Waals surface area contributed by atoms with Gasteiger partial charge in [-0.1, -0.05) is 13.8 Å². The SMILES string of the molecule is CCc1nc(NN)c(C)c(NCC2(CC)CC2)n1. The Morgan fingerprint density at radius 3 is 2.39 bits per heavy atom. The molecule has 0 aliphatic heterocycles. The average molecular weight is 249 g/mol. The van der Waals surface area contributed by atoms with Gasteiger partial charge < -0.3 is 10.7 Å². The van der Waals surface area contributed by atoms with Crippen LogP contribution in [0.15, 0.2) is 0 Å². The molecule has 1 saturated carbocycles. The van der Waals surface area contributed by atoms with Crippen LogP contribution in [0.5, 0.6) is 0 Å². The average Bonchev–Trinajstić information content (AvgIpc) is 3.18. The summed E-state index contributed by atoms with van der Waals surface area (Å²) < 4.78 is 0. The number of nitrogens with one attached hydrogen (secondary N) is 2. The van der Waals surface area contributed by atoms with Crippen LogP contribution in [-0.2, 0) is 6.42 Å². The van der Waals surface area contributed by atoms with Crippen molar-refractivity contribution >= 4 is 11.6 Å². The molecule has 1 aliphatic carbocycles. The lowest BCUT2D eigenvalue weighted by atomic mass is 10.0. The van der Waals surface area contributed by atoms with Crippen LogP contribution < -0.4 is 16.6 Å². The number of anilines is 2. The van der Waals surface area contributed by atoms with Gasteiger partial charge in [-0.25, -0.2) is 15.8 Å². The van der Waals surface area contributed by atoms with Gasteiger partial charge in [-0.3, -0.25) is 0 Å². The van der Waals surface area contributed by atoms with Crippen molar-refractivity contribution in [3.8, 4) is 0 Å². The number of hydrogen-bond donors (Lipinski definition) is 3. The predicted molar refractivity (Wildman–Crippen MR) is 74.4 cm³/mol. The highest BCUT2D eigenvalue weighted by Gasteiger charge is 2.40. The Morgan fingerprint density at radius 1 is 1.22 bits per heavy atom. The van der Waals surface area contributed by atoms with E-state index in [0.29, 0.717) is 11.2 Å². The number of hydrogen-bond acceptors (Lipinski definition) is 5. The molecule has 0 unspecified atom stereocenters. The maximum absolute atomic E-state index is 5.50. The van der Waals surface area contributed by atoms with Crippen LogP contribution in [0.4, 0.5) is 11.6 Å². The summed E-state index contributed by atoms with van der Waals surface area (Å²) in [6, 6.07) is 0. The van der Waals surface area contributed by atoms with Gasteiger partial charge in [0.2, 0.25) is 0 Å². The van der Waals surface area contributed by atoms with E-state index in [9.17, 15) is 0 Å². The summed E-state index contributed by atoms with van der Waals surface area (Å²) in [5, 5.41) is 3.47. The zero-order valence-corrected chi connectivity index (χ0v) is 11.5. The highest BCUT2D eigenvalue weighted by atomic mass is 15.3. The molecule has 0 aromatic carbocycles. The summed E-state index contributed by atoms with van der Waals surface area (Å²) in [7, 11) is 0. The molecular weight excluding hydrogens is 226 g/mol. The smallest absolute Gasteiger partial charge is 0.148 e. The Bertz CT molecular complexity index is 426. The van der Waals surface area contributed by atoms with E-state index in [-0.39, 0.29) is 0 Å². The van der Waals surface area contributed by atoms with Gasteiger partial charge >= 0.3 is 0 Å². The molecule has 0 radical (unpaired) electrons. The predicted octanol–water partition coefficient (Wildman–Crippen LogP) is 2.24. The summed E-state index contributed by atoms with van der Waals surface area (Å²) in [4.78, 5) is 8.91. The third kappa shape index (κ3) is 2.56. The van der Waals surface area contributed by atoms with Crippen molar-refractivity contribution in [2.24, 2.45) is 11.3 Å². The van der Waals surface area contributed by atoms with Crippen molar-refractivity contribution in [1.29, 1.82) is 0 Å². The van der Waals surface area contributed by atoms with Gasteiger partial charge in [-0.15, -0.1) is 0 Å². The van der Waals surface area contributed by atoms with Gasteiger partial charge in [0, 0.05) is 18.5 Å². The first-order valence-corrected chi connectivity index (χ1v) is 6.72. The molecule has 18 heavy (non-hydrogen) atoms. The molecule has 1 fully saturated rings. The molecule has 1 aliphatic rings. The van der Waals surface area contributed by atoms with Crippen molar-refractivity contribution in [3.05, 3.63) is 11.4 Å². The lowest BCUT2D eigenvalue weighted by molar-refractivity contribution is 0.520. The van der Waals surface area contributed by atoms with Gasteiger partial charge in [-0.05, 0) is 31.6 Å². The third-order valence-electron chi connectivity index (χ3n) is 3.98. The molecule has 0 bridgehead atoms. The molecule has 2 rings (SSSR count). The van der Waals surface area contributed by atoms with Crippen molar-refractivity contribution < 1.29 is 0 Å². The first kappa shape index (κ1) is 13.1. The second-order valence-corrected chi connectivity index (χ2v) is 5.17. The van der Waals surface area contributed by atoms with Gasteiger partial charge in [0.15, 0.2) is 0 Å². The van der Waals surface area contributed by atoms with E-state index in [1.165, 1.54) is 19.3 Å². The number of aryl methyl sites for hydroxylation is 1. The van der Waals surface area contributed by atoms with Crippen molar-refractivity contribution in [2.75, 3.05) is 17.3 Å². The number of hydrazine groups is 1. The summed E-state index contributed by atoms with van der Waals surface area (Å²) >= 11 is 0. The largest absolute Gasteiger partial charge is 0.369 e. The Balaban J connectivity index is 2.15. The second-order valence-electron chi connectivity index (χ2n) is 5.17. The summed E-state index contributed by atoms with van der Waals surface area (Å²) in [5.74, 6) is 7.94. The molecule has 5 nitrogen and oxygen atoms in total. The van der Waals surface area contributed by atoms with Crippen LogP contribution in [0.25, 0.3) is 0 Å². The molecule has 100 valence electrons. The van der Waals surface area contributed by atoms with Crippen LogP contribution in [0.1, 0.15) is 44.5 Å². The molecular formula is C13H23N5. The highest BCUT2D eigenvalue weighted by molar-refractivity contribution is 5.56. The summed E-state index contributed by atoms with van der Waals surface area (Å²) in [6.45, 7) is 7.28. The molecule has 0 amide bonds. The number of nitrogens with zero attached hydrogens (tertiary/aromatic N) is 2. The monoisotopic (exact) mass is 249 g/mol. The van der Waals surface area contributed by atoms with Gasteiger partial charge in [-0.2, -0.15) is 0 Å². The number of aromatic nitrogens is 2. The topological polar surface area (TPSA) is 75.9 Å². The molecule has 1 aromatic heterocycles. The minimum absolute atomic E-state index is 0.500. The van der Waals surface area contributed by atoms with Crippen LogP contribution in [-0.4, -0.2) is 16.5 Å². The zero-order valence-electron chi connectivity index (χ0n) is 11.5. The first-order chi connectivity index (χ1) is 8.64. The van der Waals surface area contributed by atoms with E-state index in [4.69, 9.17) is 5.84 Å². The lowest BCUT2D eigenvalue weighted by Crippen LogP contribution is -2.19. The van der Waals surface area contributed by atoms with Crippen molar-refractivity contribution in [2.45, 2.75) is 46.5 Å². The Kier molecular flexibility index (Phi) is 3.71. The second kappa shape index (κ2) is 5.10. The van der Waals surface area contributed by atoms with Gasteiger partial charge in [0.25, 0.3) is 0 Å². The van der Waals surface area contributed by atoms with E-state index >= 15 is 0 Å². The first-order valence-electron chi connectivity index (χ1n) is 6.72. The van der Waals surface area contributed by atoms with Gasteiger partial charge in [0.1, 0.15) is 17.5 Å². The fourth-order valence-electron chi connectivity index (χ4n) is 2.14. The third-order valence-corrected chi connectivity index (χ3v) is 3.98. The maximum atomic E-state index is 5.50. The summed E-state index contributed by atoms with van der Waals surface area (Å²) in [6.07, 6.45) is 4.68. The molecule has 1 heterocycles. The molecule has 1 aromatic rings. The van der Waals surface area contributed by atoms with E-state index < -0.39 is 0 Å². The molecule has 5 heteroatoms. The number of nitrogen functional groups attached to an aromatic ring is 1. The quantitative estimate of drug-likeness (QED) is 0.532. The minimum Gasteiger partial charge on any atom is -0.369 e. The highest BCUT2D eigenvalue weighted by Crippen LogP contribution is 2.48. The van der Waals surface area contributed by atoms with Crippen molar-refractivity contribution in [3.63, 3.8) is 0 Å². The molecule has 0 atom stereocenters.